The van der Waals surface area contributed by atoms with Gasteiger partial charge in [-0.25, -0.2) is 4.79 Å². The Morgan fingerprint density at radius 1 is 0.727 bits per heavy atom. The van der Waals surface area contributed by atoms with Crippen LogP contribution in [0.25, 0.3) is 0 Å². The number of nitrogens with one attached hydrogen (secondary N) is 2. The van der Waals surface area contributed by atoms with E-state index in [-0.39, 0.29) is 48.0 Å². The molecule has 2 saturated heterocycles. The first-order valence-corrected chi connectivity index (χ1v) is 14.7. The van der Waals surface area contributed by atoms with Crippen molar-refractivity contribution in [1.29, 1.82) is 0 Å². The Balaban J connectivity index is 0.000000803. The number of amides is 4. The van der Waals surface area contributed by atoms with Crippen LogP contribution < -0.4 is 10.6 Å². The van der Waals surface area contributed by atoms with Gasteiger partial charge in [-0.1, -0.05) is 34.3 Å². The van der Waals surface area contributed by atoms with Crippen LogP contribution in [0.15, 0.2) is 12.7 Å². The number of methoxy groups -OCH3 is 3. The highest BCUT2D eigenvalue weighted by Gasteiger charge is 2.53. The summed E-state index contributed by atoms with van der Waals surface area (Å²) in [5.41, 5.74) is -2.17. The fraction of sp³-hybridized carbons (Fsp3) is 0.607. The number of rotatable bonds is 11. The molecule has 0 aromatic carbocycles. The Morgan fingerprint density at radius 2 is 1.09 bits per heavy atom. The molecule has 0 aliphatic carbocycles. The maximum atomic E-state index is 12.9. The number of ether oxygens (including phenoxy) is 3. The second-order valence-corrected chi connectivity index (χ2v) is 10.2. The number of carbonyl (C=O) groups is 7. The van der Waals surface area contributed by atoms with Crippen molar-refractivity contribution in [2.75, 3.05) is 34.4 Å². The summed E-state index contributed by atoms with van der Waals surface area (Å²) in [5, 5.41) is 5.03. The summed E-state index contributed by atoms with van der Waals surface area (Å²) < 4.78 is 13.3. The third-order valence-electron chi connectivity index (χ3n) is 7.41. The van der Waals surface area contributed by atoms with Gasteiger partial charge in [-0.3, -0.25) is 38.6 Å². The maximum Gasteiger partial charge on any atom is 0.329 e. The first kappa shape index (κ1) is 40.2. The number of thiocarbonyl (C=S) groups is 2. The van der Waals surface area contributed by atoms with Crippen LogP contribution in [-0.2, 0) is 47.8 Å². The van der Waals surface area contributed by atoms with E-state index in [0.717, 1.165) is 6.08 Å². The summed E-state index contributed by atoms with van der Waals surface area (Å²) in [4.78, 5) is 84.1. The fourth-order valence-electron chi connectivity index (χ4n) is 4.34. The first-order valence-electron chi connectivity index (χ1n) is 13.8. The zero-order valence-electron chi connectivity index (χ0n) is 26.2. The van der Waals surface area contributed by atoms with Crippen molar-refractivity contribution in [2.45, 2.75) is 66.2 Å². The van der Waals surface area contributed by atoms with E-state index in [1.54, 1.807) is 13.8 Å². The number of hydrogen-bond acceptors (Lipinski definition) is 12. The lowest BCUT2D eigenvalue weighted by molar-refractivity contribution is -0.157. The second kappa shape index (κ2) is 18.8. The van der Waals surface area contributed by atoms with Crippen molar-refractivity contribution in [3.63, 3.8) is 0 Å². The molecular formula is C28H42N4O10S2. The molecule has 2 fully saturated rings. The van der Waals surface area contributed by atoms with Gasteiger partial charge in [0.05, 0.1) is 34.2 Å². The molecule has 0 saturated carbocycles. The minimum Gasteiger partial charge on any atom is -0.469 e. The molecule has 2 aliphatic heterocycles. The van der Waals surface area contributed by atoms with E-state index in [9.17, 15) is 33.6 Å². The van der Waals surface area contributed by atoms with E-state index in [2.05, 4.69) is 31.4 Å². The molecule has 0 bridgehead atoms. The summed E-state index contributed by atoms with van der Waals surface area (Å²) in [6.07, 6.45) is 2.61. The van der Waals surface area contributed by atoms with Crippen LogP contribution in [0.5, 0.6) is 0 Å². The fourth-order valence-corrected chi connectivity index (χ4v) is 4.88. The Hall–Kier alpha value is -3.79. The largest absolute Gasteiger partial charge is 0.469 e. The number of nitrogens with zero attached hydrogens (tertiary/aromatic N) is 2. The third-order valence-corrected chi connectivity index (χ3v) is 8.06. The van der Waals surface area contributed by atoms with Crippen LogP contribution in [0, 0.1) is 10.8 Å². The smallest absolute Gasteiger partial charge is 0.329 e. The van der Waals surface area contributed by atoms with Gasteiger partial charge in [0.2, 0.25) is 23.6 Å². The van der Waals surface area contributed by atoms with Crippen LogP contribution in [0.4, 0.5) is 0 Å². The Morgan fingerprint density at radius 3 is 1.34 bits per heavy atom. The van der Waals surface area contributed by atoms with Gasteiger partial charge in [0.15, 0.2) is 10.2 Å². The van der Waals surface area contributed by atoms with E-state index in [0.29, 0.717) is 25.7 Å². The summed E-state index contributed by atoms with van der Waals surface area (Å²) >= 11 is 9.98. The molecule has 2 rings (SSSR count). The zero-order valence-corrected chi connectivity index (χ0v) is 27.9. The van der Waals surface area contributed by atoms with Crippen LogP contribution in [0.2, 0.25) is 0 Å². The van der Waals surface area contributed by atoms with E-state index >= 15 is 0 Å². The van der Waals surface area contributed by atoms with E-state index in [1.165, 1.54) is 31.1 Å². The molecule has 2 aliphatic rings. The predicted molar refractivity (Wildman–Crippen MR) is 166 cm³/mol. The Bertz CT molecular complexity index is 1080. The van der Waals surface area contributed by atoms with Gasteiger partial charge in [-0.15, -0.1) is 0 Å². The molecule has 2 N–H and O–H groups in total. The Kier molecular flexibility index (Phi) is 17.2. The summed E-state index contributed by atoms with van der Waals surface area (Å²) in [6.45, 7) is 10.3. The standard InChI is InChI=1S/C16H24N2O6S.C8H12N2O2S.C4H6O2/c1-5-16(6-2)13(21)17(9-7-11(19)23-3)15(25)18(14(16)22)10-8-12(20)24-4;1-3-8(4-2)5(11)9-7(13)10-6(8)12;1-3-4(5)6-2/h5-10H2,1-4H3;3-4H2,1-2H3,(H2,9,10,11,12,13);3H,1H2,2H3. The van der Waals surface area contributed by atoms with Crippen molar-refractivity contribution in [3.05, 3.63) is 12.7 Å². The molecular weight excluding hydrogens is 616 g/mol. The van der Waals surface area contributed by atoms with Gasteiger partial charge in [-0.2, -0.15) is 0 Å². The normalized spacial score (nSPS) is 16.7. The molecule has 246 valence electrons. The maximum absolute atomic E-state index is 12.9. The highest BCUT2D eigenvalue weighted by atomic mass is 32.1. The van der Waals surface area contributed by atoms with Crippen molar-refractivity contribution in [3.8, 4) is 0 Å². The Labute approximate surface area is 268 Å². The SMILES string of the molecule is C=CC(=O)OC.CCC1(CC)C(=O)N(CCC(=O)OC)C(=S)N(CCC(=O)OC)C1=O.CCC1(CC)C(=O)NC(=S)NC1=O. The lowest BCUT2D eigenvalue weighted by atomic mass is 9.78. The van der Waals surface area contributed by atoms with Gasteiger partial charge in [-0.05, 0) is 50.1 Å². The predicted octanol–water partition coefficient (Wildman–Crippen LogP) is 1.54. The monoisotopic (exact) mass is 658 g/mol. The molecule has 0 unspecified atom stereocenters. The lowest BCUT2D eigenvalue weighted by Crippen LogP contribution is -2.65. The first-order chi connectivity index (χ1) is 20.7. The summed E-state index contributed by atoms with van der Waals surface area (Å²) in [7, 11) is 3.82. The second-order valence-electron chi connectivity index (χ2n) is 9.39. The highest BCUT2D eigenvalue weighted by Crippen LogP contribution is 2.36. The molecule has 14 nitrogen and oxygen atoms in total. The molecule has 2 heterocycles. The molecule has 16 heteroatoms. The topological polar surface area (TPSA) is 178 Å². The molecule has 0 spiro atoms. The summed E-state index contributed by atoms with van der Waals surface area (Å²) in [6, 6.07) is 0. The average Bonchev–Trinajstić information content (AvgIpc) is 3.01. The number of hydrogen-bond donors (Lipinski definition) is 2. The molecule has 44 heavy (non-hydrogen) atoms. The summed E-state index contributed by atoms with van der Waals surface area (Å²) in [5.74, 6) is -2.75. The van der Waals surface area contributed by atoms with Gasteiger partial charge >= 0.3 is 17.9 Å². The number of esters is 3. The number of carbonyl (C=O) groups excluding carboxylic acids is 7. The third kappa shape index (κ3) is 9.61. The van der Waals surface area contributed by atoms with Gasteiger partial charge in [0.1, 0.15) is 10.8 Å². The molecule has 0 aromatic heterocycles. The van der Waals surface area contributed by atoms with E-state index in [1.807, 2.05) is 13.8 Å². The molecule has 4 amide bonds. The van der Waals surface area contributed by atoms with Crippen LogP contribution in [-0.4, -0.2) is 96.0 Å². The quantitative estimate of drug-likeness (QED) is 0.108. The van der Waals surface area contributed by atoms with Crippen LogP contribution in [0.1, 0.15) is 66.2 Å². The van der Waals surface area contributed by atoms with Crippen molar-refractivity contribution in [2.24, 2.45) is 10.8 Å². The average molecular weight is 659 g/mol. The van der Waals surface area contributed by atoms with E-state index in [4.69, 9.17) is 24.4 Å². The van der Waals surface area contributed by atoms with Gasteiger partial charge < -0.3 is 24.8 Å². The van der Waals surface area contributed by atoms with Crippen molar-refractivity contribution < 1.29 is 47.8 Å². The van der Waals surface area contributed by atoms with Crippen molar-refractivity contribution in [1.82, 2.24) is 20.4 Å². The molecule has 0 atom stereocenters. The minimum absolute atomic E-state index is 0.000307. The lowest BCUT2D eigenvalue weighted by Gasteiger charge is -2.45. The zero-order chi connectivity index (χ0) is 34.3. The van der Waals surface area contributed by atoms with E-state index < -0.39 is 40.6 Å². The van der Waals surface area contributed by atoms with Crippen molar-refractivity contribution >= 4 is 76.2 Å². The molecule has 0 aromatic rings. The van der Waals surface area contributed by atoms with Crippen LogP contribution >= 0.6 is 24.4 Å². The van der Waals surface area contributed by atoms with Gasteiger partial charge in [0.25, 0.3) is 0 Å². The molecule has 0 radical (unpaired) electrons. The highest BCUT2D eigenvalue weighted by molar-refractivity contribution is 7.80. The minimum atomic E-state index is -1.24. The van der Waals surface area contributed by atoms with Crippen LogP contribution in [0.3, 0.4) is 0 Å². The van der Waals surface area contributed by atoms with Gasteiger partial charge in [0, 0.05) is 19.2 Å².